The summed E-state index contributed by atoms with van der Waals surface area (Å²) in [6.07, 6.45) is 0. The SMILES string of the molecule is Cc1n[nH]c(C)c1S(=O)(=O)Nc1c(C(C)C)cccc1C(C)C. The number of hydrogen-bond acceptors (Lipinski definition) is 3. The molecule has 0 aliphatic carbocycles. The number of aromatic nitrogens is 2. The average Bonchev–Trinajstić information content (AvgIpc) is 2.78. The van der Waals surface area contributed by atoms with Gasteiger partial charge in [0.05, 0.1) is 17.1 Å². The standard InChI is InChI=1S/C17H25N3O2S/c1-10(2)14-8-7-9-15(11(3)4)16(14)20-23(21,22)17-12(5)18-19-13(17)6/h7-11,20H,1-6H3,(H,18,19). The Morgan fingerprint density at radius 1 is 1.04 bits per heavy atom. The lowest BCUT2D eigenvalue weighted by atomic mass is 9.93. The summed E-state index contributed by atoms with van der Waals surface area (Å²) in [5.41, 5.74) is 3.71. The van der Waals surface area contributed by atoms with E-state index in [-0.39, 0.29) is 16.7 Å². The lowest BCUT2D eigenvalue weighted by Gasteiger charge is -2.20. The number of hydrogen-bond donors (Lipinski definition) is 2. The van der Waals surface area contributed by atoms with Gasteiger partial charge in [-0.15, -0.1) is 0 Å². The van der Waals surface area contributed by atoms with Crippen LogP contribution in [0.2, 0.25) is 0 Å². The van der Waals surface area contributed by atoms with Crippen molar-refractivity contribution in [2.45, 2.75) is 58.3 Å². The quantitative estimate of drug-likeness (QED) is 0.864. The van der Waals surface area contributed by atoms with E-state index in [1.165, 1.54) is 0 Å². The molecule has 5 nitrogen and oxygen atoms in total. The molecule has 6 heteroatoms. The predicted molar refractivity (Wildman–Crippen MR) is 93.5 cm³/mol. The normalized spacial score (nSPS) is 12.2. The monoisotopic (exact) mass is 335 g/mol. The molecule has 0 unspecified atom stereocenters. The molecule has 0 amide bonds. The highest BCUT2D eigenvalue weighted by molar-refractivity contribution is 7.92. The first kappa shape index (κ1) is 17.5. The van der Waals surface area contributed by atoms with E-state index in [9.17, 15) is 8.42 Å². The van der Waals surface area contributed by atoms with Crippen molar-refractivity contribution in [2.24, 2.45) is 0 Å². The summed E-state index contributed by atoms with van der Waals surface area (Å²) in [4.78, 5) is 0.228. The second-order valence-electron chi connectivity index (χ2n) is 6.49. The molecule has 1 aromatic carbocycles. The van der Waals surface area contributed by atoms with Crippen LogP contribution in [0.15, 0.2) is 23.1 Å². The Hall–Kier alpha value is -1.82. The second-order valence-corrected chi connectivity index (χ2v) is 8.11. The Bertz CT molecular complexity index is 759. The summed E-state index contributed by atoms with van der Waals surface area (Å²) in [6.45, 7) is 11.6. The number of H-pyrrole nitrogens is 1. The minimum absolute atomic E-state index is 0.220. The van der Waals surface area contributed by atoms with Crippen LogP contribution in [0.25, 0.3) is 0 Å². The van der Waals surface area contributed by atoms with Gasteiger partial charge in [0.2, 0.25) is 0 Å². The third-order valence-electron chi connectivity index (χ3n) is 3.94. The molecule has 2 rings (SSSR count). The molecule has 0 radical (unpaired) electrons. The van der Waals surface area contributed by atoms with E-state index in [1.807, 2.05) is 18.2 Å². The molecule has 0 saturated heterocycles. The molecule has 0 fully saturated rings. The van der Waals surface area contributed by atoms with Gasteiger partial charge in [0.1, 0.15) is 4.90 Å². The second kappa shape index (κ2) is 6.35. The van der Waals surface area contributed by atoms with Gasteiger partial charge in [-0.3, -0.25) is 9.82 Å². The van der Waals surface area contributed by atoms with Gasteiger partial charge < -0.3 is 0 Å². The molecule has 126 valence electrons. The highest BCUT2D eigenvalue weighted by Crippen LogP contribution is 2.34. The average molecular weight is 335 g/mol. The topological polar surface area (TPSA) is 74.8 Å². The van der Waals surface area contributed by atoms with E-state index in [1.54, 1.807) is 13.8 Å². The number of rotatable bonds is 5. The maximum Gasteiger partial charge on any atom is 0.265 e. The summed E-state index contributed by atoms with van der Waals surface area (Å²) < 4.78 is 28.6. The smallest absolute Gasteiger partial charge is 0.265 e. The van der Waals surface area contributed by atoms with Gasteiger partial charge >= 0.3 is 0 Å². The van der Waals surface area contributed by atoms with E-state index in [4.69, 9.17) is 0 Å². The van der Waals surface area contributed by atoms with E-state index in [0.717, 1.165) is 11.1 Å². The largest absolute Gasteiger partial charge is 0.281 e. The third kappa shape index (κ3) is 3.42. The highest BCUT2D eigenvalue weighted by Gasteiger charge is 2.25. The molecular formula is C17H25N3O2S. The molecule has 0 saturated carbocycles. The molecular weight excluding hydrogens is 310 g/mol. The first-order valence-corrected chi connectivity index (χ1v) is 9.30. The van der Waals surface area contributed by atoms with Crippen LogP contribution in [0.1, 0.15) is 62.0 Å². The molecule has 0 atom stereocenters. The maximum absolute atomic E-state index is 12.9. The molecule has 23 heavy (non-hydrogen) atoms. The van der Waals surface area contributed by atoms with Crippen LogP contribution in [0.4, 0.5) is 5.69 Å². The van der Waals surface area contributed by atoms with Gasteiger partial charge in [0.15, 0.2) is 0 Å². The van der Waals surface area contributed by atoms with Crippen LogP contribution in [0.3, 0.4) is 0 Å². The molecule has 1 aromatic heterocycles. The zero-order valence-electron chi connectivity index (χ0n) is 14.6. The van der Waals surface area contributed by atoms with E-state index in [2.05, 4.69) is 42.6 Å². The highest BCUT2D eigenvalue weighted by atomic mass is 32.2. The van der Waals surface area contributed by atoms with Crippen LogP contribution in [-0.4, -0.2) is 18.6 Å². The van der Waals surface area contributed by atoms with Crippen LogP contribution in [-0.2, 0) is 10.0 Å². The number of aromatic amines is 1. The van der Waals surface area contributed by atoms with Crippen molar-refractivity contribution in [2.75, 3.05) is 4.72 Å². The van der Waals surface area contributed by atoms with Crippen molar-refractivity contribution >= 4 is 15.7 Å². The Morgan fingerprint density at radius 2 is 1.57 bits per heavy atom. The van der Waals surface area contributed by atoms with Crippen molar-refractivity contribution < 1.29 is 8.42 Å². The number of nitrogens with one attached hydrogen (secondary N) is 2. The summed E-state index contributed by atoms with van der Waals surface area (Å²) in [7, 11) is -3.69. The lowest BCUT2D eigenvalue weighted by Crippen LogP contribution is -2.17. The Balaban J connectivity index is 2.59. The fourth-order valence-corrected chi connectivity index (χ4v) is 4.28. The molecule has 0 spiro atoms. The van der Waals surface area contributed by atoms with E-state index >= 15 is 0 Å². The summed E-state index contributed by atoms with van der Waals surface area (Å²) >= 11 is 0. The van der Waals surface area contributed by atoms with Crippen LogP contribution in [0.5, 0.6) is 0 Å². The van der Waals surface area contributed by atoms with Gasteiger partial charge in [0.25, 0.3) is 10.0 Å². The fourth-order valence-electron chi connectivity index (χ4n) is 2.79. The minimum atomic E-state index is -3.69. The number of para-hydroxylation sites is 1. The minimum Gasteiger partial charge on any atom is -0.281 e. The number of nitrogens with zero attached hydrogens (tertiary/aromatic N) is 1. The number of sulfonamides is 1. The Labute approximate surface area is 138 Å². The first-order valence-electron chi connectivity index (χ1n) is 7.82. The van der Waals surface area contributed by atoms with Gasteiger partial charge in [-0.25, -0.2) is 8.42 Å². The zero-order chi connectivity index (χ0) is 17.4. The van der Waals surface area contributed by atoms with Gasteiger partial charge in [0, 0.05) is 0 Å². The third-order valence-corrected chi connectivity index (χ3v) is 5.55. The number of benzene rings is 1. The van der Waals surface area contributed by atoms with E-state index < -0.39 is 10.0 Å². The fraction of sp³-hybridized carbons (Fsp3) is 0.471. The Kier molecular flexibility index (Phi) is 4.84. The molecule has 0 aliphatic heterocycles. The van der Waals surface area contributed by atoms with Crippen molar-refractivity contribution in [3.05, 3.63) is 40.7 Å². The van der Waals surface area contributed by atoms with E-state index in [0.29, 0.717) is 17.1 Å². The molecule has 2 N–H and O–H groups in total. The number of anilines is 1. The summed E-state index contributed by atoms with van der Waals surface area (Å²) in [5, 5.41) is 6.73. The molecule has 1 heterocycles. The summed E-state index contributed by atoms with van der Waals surface area (Å²) in [6, 6.07) is 5.93. The molecule has 2 aromatic rings. The number of aryl methyl sites for hydroxylation is 2. The first-order chi connectivity index (χ1) is 10.6. The van der Waals surface area contributed by atoms with Crippen molar-refractivity contribution in [3.63, 3.8) is 0 Å². The van der Waals surface area contributed by atoms with Gasteiger partial charge in [-0.05, 0) is 36.8 Å². The van der Waals surface area contributed by atoms with Crippen LogP contribution in [0, 0.1) is 13.8 Å². The van der Waals surface area contributed by atoms with Crippen molar-refractivity contribution in [1.82, 2.24) is 10.2 Å². The van der Waals surface area contributed by atoms with Crippen LogP contribution < -0.4 is 4.72 Å². The molecule has 0 bridgehead atoms. The van der Waals surface area contributed by atoms with Crippen LogP contribution >= 0.6 is 0 Å². The Morgan fingerprint density at radius 3 is 1.96 bits per heavy atom. The lowest BCUT2D eigenvalue weighted by molar-refractivity contribution is 0.600. The predicted octanol–water partition coefficient (Wildman–Crippen LogP) is 4.07. The zero-order valence-corrected chi connectivity index (χ0v) is 15.4. The van der Waals surface area contributed by atoms with Crippen molar-refractivity contribution in [3.8, 4) is 0 Å². The van der Waals surface area contributed by atoms with Gasteiger partial charge in [-0.1, -0.05) is 45.9 Å². The molecule has 0 aliphatic rings. The van der Waals surface area contributed by atoms with Gasteiger partial charge in [-0.2, -0.15) is 5.10 Å². The van der Waals surface area contributed by atoms with Crippen molar-refractivity contribution in [1.29, 1.82) is 0 Å². The maximum atomic E-state index is 12.9. The summed E-state index contributed by atoms with van der Waals surface area (Å²) in [5.74, 6) is 0.441.